The van der Waals surface area contributed by atoms with Gasteiger partial charge in [0, 0.05) is 0 Å². The highest BCUT2D eigenvalue weighted by molar-refractivity contribution is 7.17. The maximum Gasteiger partial charge on any atom is 0.160 e. The van der Waals surface area contributed by atoms with Crippen molar-refractivity contribution in [2.24, 2.45) is 0 Å². The molecule has 1 N–H and O–H groups in total. The van der Waals surface area contributed by atoms with E-state index in [1.807, 2.05) is 16.8 Å². The van der Waals surface area contributed by atoms with Gasteiger partial charge in [0.25, 0.3) is 0 Å². The molecule has 18 heavy (non-hydrogen) atoms. The van der Waals surface area contributed by atoms with Crippen LogP contribution in [0, 0.1) is 0 Å². The zero-order valence-electron chi connectivity index (χ0n) is 9.87. The van der Waals surface area contributed by atoms with E-state index in [4.69, 9.17) is 0 Å². The van der Waals surface area contributed by atoms with Crippen LogP contribution in [0.3, 0.4) is 0 Å². The maximum atomic E-state index is 10.7. The van der Waals surface area contributed by atoms with Gasteiger partial charge < -0.3 is 5.32 Å². The fraction of sp³-hybridized carbons (Fsp3) is 0.417. The van der Waals surface area contributed by atoms with Crippen LogP contribution < -0.4 is 5.32 Å². The number of aromatic nitrogens is 3. The molecular weight excluding hydrogens is 248 g/mol. The van der Waals surface area contributed by atoms with Gasteiger partial charge in [0.1, 0.15) is 0 Å². The van der Waals surface area contributed by atoms with Gasteiger partial charge in [-0.1, -0.05) is 5.21 Å². The van der Waals surface area contributed by atoms with Gasteiger partial charge in [-0.3, -0.25) is 4.79 Å². The van der Waals surface area contributed by atoms with Gasteiger partial charge in [0.05, 0.1) is 27.7 Å². The third-order valence-corrected chi connectivity index (χ3v) is 4.26. The Morgan fingerprint density at radius 1 is 1.39 bits per heavy atom. The van der Waals surface area contributed by atoms with Crippen molar-refractivity contribution in [3.8, 4) is 10.6 Å². The van der Waals surface area contributed by atoms with Crippen LogP contribution in [0.4, 0.5) is 0 Å². The Balaban J connectivity index is 1.92. The summed E-state index contributed by atoms with van der Waals surface area (Å²) >= 11 is 1.48. The lowest BCUT2D eigenvalue weighted by atomic mass is 10.1. The molecule has 0 radical (unpaired) electrons. The van der Waals surface area contributed by atoms with E-state index in [0.717, 1.165) is 47.7 Å². The third kappa shape index (κ3) is 2.09. The lowest BCUT2D eigenvalue weighted by molar-refractivity contribution is 0.112. The molecule has 1 aliphatic rings. The fourth-order valence-electron chi connectivity index (χ4n) is 2.29. The topological polar surface area (TPSA) is 59.8 Å². The quantitative estimate of drug-likeness (QED) is 0.856. The van der Waals surface area contributed by atoms with Crippen LogP contribution in [0.2, 0.25) is 0 Å². The molecule has 0 aromatic carbocycles. The number of rotatable bonds is 3. The molecule has 2 aromatic heterocycles. The highest BCUT2D eigenvalue weighted by Crippen LogP contribution is 2.30. The Bertz CT molecular complexity index is 542. The largest absolute Gasteiger partial charge is 0.317 e. The first kappa shape index (κ1) is 11.6. The highest BCUT2D eigenvalue weighted by Gasteiger charge is 2.20. The van der Waals surface area contributed by atoms with Crippen LogP contribution in [-0.4, -0.2) is 34.4 Å². The fourth-order valence-corrected chi connectivity index (χ4v) is 3.12. The second-order valence-electron chi connectivity index (χ2n) is 4.36. The molecule has 1 saturated heterocycles. The minimum Gasteiger partial charge on any atom is -0.317 e. The van der Waals surface area contributed by atoms with Crippen molar-refractivity contribution < 1.29 is 4.79 Å². The van der Waals surface area contributed by atoms with Gasteiger partial charge in [-0.15, -0.1) is 16.4 Å². The third-order valence-electron chi connectivity index (χ3n) is 3.22. The van der Waals surface area contributed by atoms with Crippen LogP contribution in [0.1, 0.15) is 28.6 Å². The molecule has 0 saturated carbocycles. The summed E-state index contributed by atoms with van der Waals surface area (Å²) in [6, 6.07) is 4.21. The Hall–Kier alpha value is -1.53. The van der Waals surface area contributed by atoms with E-state index in [1.165, 1.54) is 11.3 Å². The van der Waals surface area contributed by atoms with Gasteiger partial charge in [-0.25, -0.2) is 4.68 Å². The second kappa shape index (κ2) is 4.99. The summed E-state index contributed by atoms with van der Waals surface area (Å²) in [4.78, 5) is 12.5. The molecule has 0 spiro atoms. The summed E-state index contributed by atoms with van der Waals surface area (Å²) in [6.07, 6.45) is 4.81. The van der Waals surface area contributed by atoms with E-state index in [2.05, 4.69) is 15.6 Å². The Morgan fingerprint density at radius 2 is 2.22 bits per heavy atom. The molecule has 0 unspecified atom stereocenters. The first-order valence-electron chi connectivity index (χ1n) is 6.05. The molecular formula is C12H14N4OS. The zero-order chi connectivity index (χ0) is 12.4. The Labute approximate surface area is 109 Å². The maximum absolute atomic E-state index is 10.7. The van der Waals surface area contributed by atoms with Crippen LogP contribution in [0.15, 0.2) is 18.3 Å². The normalized spacial score (nSPS) is 16.9. The van der Waals surface area contributed by atoms with Crippen LogP contribution >= 0.6 is 11.3 Å². The lowest BCUT2D eigenvalue weighted by Gasteiger charge is -2.23. The molecule has 0 aliphatic carbocycles. The van der Waals surface area contributed by atoms with E-state index >= 15 is 0 Å². The van der Waals surface area contributed by atoms with Crippen molar-refractivity contribution in [3.63, 3.8) is 0 Å². The van der Waals surface area contributed by atoms with Gasteiger partial charge in [0.15, 0.2) is 6.29 Å². The number of carbonyl (C=O) groups is 1. The van der Waals surface area contributed by atoms with Gasteiger partial charge in [-0.2, -0.15) is 0 Å². The molecule has 94 valence electrons. The van der Waals surface area contributed by atoms with Crippen molar-refractivity contribution in [1.29, 1.82) is 0 Å². The Morgan fingerprint density at radius 3 is 2.94 bits per heavy atom. The average Bonchev–Trinajstić information content (AvgIpc) is 3.08. The number of hydrogen-bond donors (Lipinski definition) is 1. The lowest BCUT2D eigenvalue weighted by Crippen LogP contribution is -2.30. The summed E-state index contributed by atoms with van der Waals surface area (Å²) in [7, 11) is 0. The standard InChI is InChI=1S/C12H14N4OS/c17-8-10-1-2-12(18-10)11-7-14-15-16(11)9-3-5-13-6-4-9/h1-2,7-9,13H,3-6H2. The van der Waals surface area contributed by atoms with Crippen molar-refractivity contribution in [2.45, 2.75) is 18.9 Å². The van der Waals surface area contributed by atoms with Gasteiger partial charge in [0.2, 0.25) is 0 Å². The zero-order valence-corrected chi connectivity index (χ0v) is 10.7. The van der Waals surface area contributed by atoms with Crippen LogP contribution in [0.25, 0.3) is 10.6 Å². The van der Waals surface area contributed by atoms with E-state index < -0.39 is 0 Å². The van der Waals surface area contributed by atoms with E-state index in [1.54, 1.807) is 6.20 Å². The molecule has 3 rings (SSSR count). The number of piperidine rings is 1. The predicted octanol–water partition coefficient (Wildman–Crippen LogP) is 1.74. The summed E-state index contributed by atoms with van der Waals surface area (Å²) in [6.45, 7) is 2.04. The van der Waals surface area contributed by atoms with E-state index in [0.29, 0.717) is 6.04 Å². The summed E-state index contributed by atoms with van der Waals surface area (Å²) in [5.74, 6) is 0. The van der Waals surface area contributed by atoms with Crippen LogP contribution in [0.5, 0.6) is 0 Å². The molecule has 0 atom stereocenters. The summed E-state index contributed by atoms with van der Waals surface area (Å²) < 4.78 is 2.00. The van der Waals surface area contributed by atoms with E-state index in [9.17, 15) is 4.79 Å². The summed E-state index contributed by atoms with van der Waals surface area (Å²) in [5, 5.41) is 11.6. The molecule has 1 fully saturated rings. The van der Waals surface area contributed by atoms with Gasteiger partial charge >= 0.3 is 0 Å². The minimum absolute atomic E-state index is 0.408. The number of nitrogens with one attached hydrogen (secondary N) is 1. The smallest absolute Gasteiger partial charge is 0.160 e. The highest BCUT2D eigenvalue weighted by atomic mass is 32.1. The number of aldehydes is 1. The Kier molecular flexibility index (Phi) is 3.21. The molecule has 0 bridgehead atoms. The minimum atomic E-state index is 0.408. The average molecular weight is 262 g/mol. The molecule has 6 heteroatoms. The molecule has 2 aromatic rings. The molecule has 5 nitrogen and oxygen atoms in total. The number of carbonyl (C=O) groups excluding carboxylic acids is 1. The van der Waals surface area contributed by atoms with E-state index in [-0.39, 0.29) is 0 Å². The molecule has 0 amide bonds. The monoisotopic (exact) mass is 262 g/mol. The van der Waals surface area contributed by atoms with Gasteiger partial charge in [-0.05, 0) is 38.1 Å². The predicted molar refractivity (Wildman–Crippen MR) is 69.9 cm³/mol. The van der Waals surface area contributed by atoms with Crippen molar-refractivity contribution in [3.05, 3.63) is 23.2 Å². The molecule has 3 heterocycles. The van der Waals surface area contributed by atoms with Crippen LogP contribution in [-0.2, 0) is 0 Å². The second-order valence-corrected chi connectivity index (χ2v) is 5.48. The van der Waals surface area contributed by atoms with Crippen molar-refractivity contribution in [1.82, 2.24) is 20.3 Å². The number of thiophene rings is 1. The first-order chi connectivity index (χ1) is 8.88. The molecule has 1 aliphatic heterocycles. The number of hydrogen-bond acceptors (Lipinski definition) is 5. The first-order valence-corrected chi connectivity index (χ1v) is 6.86. The SMILES string of the molecule is O=Cc1ccc(-c2cnnn2C2CCNCC2)s1. The van der Waals surface area contributed by atoms with Crippen molar-refractivity contribution >= 4 is 17.6 Å². The van der Waals surface area contributed by atoms with Crippen molar-refractivity contribution in [2.75, 3.05) is 13.1 Å². The number of nitrogens with zero attached hydrogens (tertiary/aromatic N) is 3. The summed E-state index contributed by atoms with van der Waals surface area (Å²) in [5.41, 5.74) is 1.01.